The summed E-state index contributed by atoms with van der Waals surface area (Å²) in [4.78, 5) is 19.1. The Labute approximate surface area is 217 Å². The maximum absolute atomic E-state index is 13.7. The molecule has 7 rings (SSSR count). The molecule has 0 bridgehead atoms. The van der Waals surface area contributed by atoms with E-state index >= 15 is 0 Å². The number of imidazole rings is 1. The Morgan fingerprint density at radius 2 is 1.59 bits per heavy atom. The van der Waals surface area contributed by atoms with Gasteiger partial charge in [-0.1, -0.05) is 102 Å². The fourth-order valence-electron chi connectivity index (χ4n) is 5.11. The number of para-hydroxylation sites is 3. The Morgan fingerprint density at radius 1 is 0.865 bits per heavy atom. The topological polar surface area (TPSA) is 43.6 Å². The summed E-state index contributed by atoms with van der Waals surface area (Å²) < 4.78 is 8.92. The zero-order valence-corrected chi connectivity index (χ0v) is 20.9. The monoisotopic (exact) mass is 498 g/mol. The summed E-state index contributed by atoms with van der Waals surface area (Å²) in [5, 5.41) is 0. The third-order valence-corrected chi connectivity index (χ3v) is 7.86. The molecule has 3 heterocycles. The van der Waals surface area contributed by atoms with Crippen molar-refractivity contribution in [1.82, 2.24) is 9.38 Å². The van der Waals surface area contributed by atoms with Crippen molar-refractivity contribution in [3.05, 3.63) is 146 Å². The van der Waals surface area contributed by atoms with Gasteiger partial charge in [0.25, 0.3) is 5.56 Å². The molecule has 6 aromatic rings. The highest BCUT2D eigenvalue weighted by molar-refractivity contribution is 7.15. The number of hydrogen-bond donors (Lipinski definition) is 0. The molecule has 5 heteroatoms. The lowest BCUT2D eigenvalue weighted by Gasteiger charge is -2.30. The van der Waals surface area contributed by atoms with Gasteiger partial charge in [-0.05, 0) is 36.8 Å². The number of thiazole rings is 1. The Bertz CT molecular complexity index is 1930. The highest BCUT2D eigenvalue weighted by Gasteiger charge is 2.31. The number of nitrogens with zero attached hydrogens (tertiary/aromatic N) is 2. The molecule has 1 aliphatic heterocycles. The minimum Gasteiger partial charge on any atom is -0.456 e. The van der Waals surface area contributed by atoms with Crippen LogP contribution in [0.1, 0.15) is 28.2 Å². The molecule has 178 valence electrons. The molecule has 37 heavy (non-hydrogen) atoms. The number of allylic oxidation sites excluding steroid dienone is 1. The maximum Gasteiger partial charge on any atom is 0.274 e. The molecule has 0 aliphatic carbocycles. The van der Waals surface area contributed by atoms with E-state index in [1.165, 1.54) is 16.9 Å². The molecular weight excluding hydrogens is 476 g/mol. The molecule has 1 aliphatic rings. The average Bonchev–Trinajstić information content (AvgIpc) is 3.45. The van der Waals surface area contributed by atoms with Gasteiger partial charge in [-0.25, -0.2) is 9.38 Å². The first-order valence-electron chi connectivity index (χ1n) is 12.2. The van der Waals surface area contributed by atoms with E-state index in [-0.39, 0.29) is 11.5 Å². The summed E-state index contributed by atoms with van der Waals surface area (Å²) in [6.07, 6.45) is 2.01. The Morgan fingerprint density at radius 3 is 2.43 bits per heavy atom. The van der Waals surface area contributed by atoms with Crippen LogP contribution in [0.2, 0.25) is 0 Å². The smallest absolute Gasteiger partial charge is 0.274 e. The van der Waals surface area contributed by atoms with Crippen LogP contribution < -0.4 is 14.8 Å². The second kappa shape index (κ2) is 8.57. The average molecular weight is 499 g/mol. The van der Waals surface area contributed by atoms with Crippen LogP contribution in [0.25, 0.3) is 27.8 Å². The summed E-state index contributed by atoms with van der Waals surface area (Å²) in [6, 6.07) is 34.7. The standard InChI is InChI=1S/C32H22N2O2S/c1-20-15-17-21(18-16-20)29-23-11-5-8-14-27(23)36-30(22-9-3-2-4-10-22)24(29)19-28-31(35)34-26-13-7-6-12-25(26)33-32(34)37-28/h2-19,29H,1H3/b28-19-. The van der Waals surface area contributed by atoms with E-state index in [1.807, 2.05) is 66.7 Å². The van der Waals surface area contributed by atoms with E-state index in [9.17, 15) is 4.79 Å². The van der Waals surface area contributed by atoms with Crippen molar-refractivity contribution in [1.29, 1.82) is 0 Å². The van der Waals surface area contributed by atoms with Crippen molar-refractivity contribution in [3.8, 4) is 5.75 Å². The third-order valence-electron chi connectivity index (χ3n) is 6.89. The molecule has 0 saturated heterocycles. The summed E-state index contributed by atoms with van der Waals surface area (Å²) in [7, 11) is 0. The van der Waals surface area contributed by atoms with Crippen LogP contribution in [0.3, 0.4) is 0 Å². The highest BCUT2D eigenvalue weighted by atomic mass is 32.1. The number of hydrogen-bond acceptors (Lipinski definition) is 4. The van der Waals surface area contributed by atoms with Crippen molar-refractivity contribution >= 4 is 39.2 Å². The van der Waals surface area contributed by atoms with Gasteiger partial charge in [0.1, 0.15) is 11.5 Å². The number of ether oxygens (including phenoxy) is 1. The predicted molar refractivity (Wildman–Crippen MR) is 150 cm³/mol. The fourth-order valence-corrected chi connectivity index (χ4v) is 6.09. The van der Waals surface area contributed by atoms with E-state index in [0.717, 1.165) is 44.8 Å². The van der Waals surface area contributed by atoms with Gasteiger partial charge >= 0.3 is 0 Å². The van der Waals surface area contributed by atoms with Gasteiger partial charge in [0.15, 0.2) is 4.96 Å². The van der Waals surface area contributed by atoms with Gasteiger partial charge in [0.05, 0.1) is 15.6 Å². The van der Waals surface area contributed by atoms with Crippen molar-refractivity contribution in [2.75, 3.05) is 0 Å². The predicted octanol–water partition coefficient (Wildman–Crippen LogP) is 6.35. The fraction of sp³-hybridized carbons (Fsp3) is 0.0625. The summed E-state index contributed by atoms with van der Waals surface area (Å²) in [6.45, 7) is 2.09. The van der Waals surface area contributed by atoms with Crippen molar-refractivity contribution < 1.29 is 4.74 Å². The molecule has 0 radical (unpaired) electrons. The van der Waals surface area contributed by atoms with Gasteiger partial charge in [0, 0.05) is 22.6 Å². The second-order valence-corrected chi connectivity index (χ2v) is 10.3. The lowest BCUT2D eigenvalue weighted by atomic mass is 9.81. The van der Waals surface area contributed by atoms with Crippen LogP contribution in [0.4, 0.5) is 0 Å². The number of rotatable bonds is 3. The summed E-state index contributed by atoms with van der Waals surface area (Å²) >= 11 is 1.42. The Kier molecular flexibility index (Phi) is 5.05. The van der Waals surface area contributed by atoms with E-state index in [0.29, 0.717) is 9.49 Å². The lowest BCUT2D eigenvalue weighted by Crippen LogP contribution is -2.24. The van der Waals surface area contributed by atoms with Crippen molar-refractivity contribution in [2.45, 2.75) is 12.8 Å². The Balaban J connectivity index is 1.54. The zero-order valence-electron chi connectivity index (χ0n) is 20.1. The molecule has 2 aromatic heterocycles. The van der Waals surface area contributed by atoms with Gasteiger partial charge in [-0.15, -0.1) is 0 Å². The summed E-state index contributed by atoms with van der Waals surface area (Å²) in [5.41, 5.74) is 6.96. The molecule has 0 spiro atoms. The van der Waals surface area contributed by atoms with Crippen LogP contribution in [-0.4, -0.2) is 9.38 Å². The van der Waals surface area contributed by atoms with E-state index in [2.05, 4.69) is 49.4 Å². The van der Waals surface area contributed by atoms with Gasteiger partial charge < -0.3 is 4.74 Å². The molecule has 1 unspecified atom stereocenters. The number of fused-ring (bicyclic) bond motifs is 4. The largest absolute Gasteiger partial charge is 0.456 e. The molecule has 1 atom stereocenters. The summed E-state index contributed by atoms with van der Waals surface area (Å²) in [5.74, 6) is 1.50. The van der Waals surface area contributed by atoms with Crippen LogP contribution in [0.5, 0.6) is 5.75 Å². The first-order valence-corrected chi connectivity index (χ1v) is 13.0. The normalized spacial score (nSPS) is 15.8. The first-order chi connectivity index (χ1) is 18.2. The molecule has 0 saturated carbocycles. The second-order valence-electron chi connectivity index (χ2n) is 9.27. The minimum atomic E-state index is -0.0914. The molecule has 0 amide bonds. The van der Waals surface area contributed by atoms with Crippen LogP contribution >= 0.6 is 11.3 Å². The van der Waals surface area contributed by atoms with Gasteiger partial charge in [-0.3, -0.25) is 4.79 Å². The van der Waals surface area contributed by atoms with Crippen LogP contribution in [0, 0.1) is 6.92 Å². The van der Waals surface area contributed by atoms with Crippen LogP contribution in [-0.2, 0) is 0 Å². The van der Waals surface area contributed by atoms with E-state index < -0.39 is 0 Å². The molecule has 0 fully saturated rings. The number of benzene rings is 4. The maximum atomic E-state index is 13.7. The third kappa shape index (κ3) is 3.59. The Hall–Kier alpha value is -4.48. The quantitative estimate of drug-likeness (QED) is 0.285. The van der Waals surface area contributed by atoms with E-state index in [4.69, 9.17) is 9.72 Å². The first kappa shape index (κ1) is 21.8. The lowest BCUT2D eigenvalue weighted by molar-refractivity contribution is 0.488. The number of aromatic nitrogens is 2. The molecule has 4 aromatic carbocycles. The van der Waals surface area contributed by atoms with Crippen molar-refractivity contribution in [3.63, 3.8) is 0 Å². The van der Waals surface area contributed by atoms with Gasteiger partial charge in [0.2, 0.25) is 0 Å². The van der Waals surface area contributed by atoms with Crippen molar-refractivity contribution in [2.24, 2.45) is 0 Å². The van der Waals surface area contributed by atoms with E-state index in [1.54, 1.807) is 4.40 Å². The number of aryl methyl sites for hydroxylation is 1. The molecule has 4 nitrogen and oxygen atoms in total. The minimum absolute atomic E-state index is 0.0601. The highest BCUT2D eigenvalue weighted by Crippen LogP contribution is 2.46. The van der Waals surface area contributed by atoms with Gasteiger partial charge in [-0.2, -0.15) is 0 Å². The molecular formula is C32H22N2O2S. The zero-order chi connectivity index (χ0) is 24.9. The van der Waals surface area contributed by atoms with Crippen LogP contribution in [0.15, 0.2) is 113 Å². The molecule has 0 N–H and O–H groups in total. The SMILES string of the molecule is Cc1ccc(C2C(/C=c3\sc4nc5ccccc5n4c3=O)=C(c3ccccc3)Oc3ccccc32)cc1.